The first kappa shape index (κ1) is 22.3. The first-order chi connectivity index (χ1) is 15.2. The molecule has 4 nitrogen and oxygen atoms in total. The van der Waals surface area contributed by atoms with Gasteiger partial charge < -0.3 is 10.2 Å². The summed E-state index contributed by atoms with van der Waals surface area (Å²) >= 11 is 0. The fourth-order valence-corrected chi connectivity index (χ4v) is 3.57. The summed E-state index contributed by atoms with van der Waals surface area (Å²) in [6.45, 7) is 3.06. The van der Waals surface area contributed by atoms with E-state index >= 15 is 0 Å². The van der Waals surface area contributed by atoms with E-state index in [1.807, 2.05) is 91.0 Å². The van der Waals surface area contributed by atoms with E-state index in [2.05, 4.69) is 12.2 Å². The zero-order chi connectivity index (χ0) is 21.9. The van der Waals surface area contributed by atoms with Crippen LogP contribution in [0, 0.1) is 0 Å². The molecule has 0 aliphatic carbocycles. The van der Waals surface area contributed by atoms with Gasteiger partial charge >= 0.3 is 0 Å². The van der Waals surface area contributed by atoms with E-state index in [9.17, 15) is 9.59 Å². The Bertz CT molecular complexity index is 943. The Morgan fingerprint density at radius 2 is 1.35 bits per heavy atom. The Hall–Kier alpha value is -3.40. The fourth-order valence-electron chi connectivity index (χ4n) is 3.57. The lowest BCUT2D eigenvalue weighted by molar-refractivity contribution is -0.141. The number of hydrogen-bond acceptors (Lipinski definition) is 2. The molecular weight excluding hydrogens is 384 g/mol. The highest BCUT2D eigenvalue weighted by Crippen LogP contribution is 2.25. The van der Waals surface area contributed by atoms with Crippen LogP contribution in [-0.4, -0.2) is 23.3 Å². The molecule has 3 rings (SSSR count). The zero-order valence-corrected chi connectivity index (χ0v) is 18.0. The largest absolute Gasteiger partial charge is 0.354 e. The topological polar surface area (TPSA) is 49.4 Å². The monoisotopic (exact) mass is 414 g/mol. The van der Waals surface area contributed by atoms with Crippen LogP contribution in [0.4, 0.5) is 0 Å². The average molecular weight is 415 g/mol. The lowest BCUT2D eigenvalue weighted by Gasteiger charge is -2.32. The minimum absolute atomic E-state index is 0.0745. The lowest BCUT2D eigenvalue weighted by Crippen LogP contribution is -2.44. The third-order valence-electron chi connectivity index (χ3n) is 5.22. The zero-order valence-electron chi connectivity index (χ0n) is 18.0. The molecule has 2 amide bonds. The van der Waals surface area contributed by atoms with Crippen LogP contribution < -0.4 is 5.32 Å². The minimum Gasteiger partial charge on any atom is -0.354 e. The van der Waals surface area contributed by atoms with Crippen LogP contribution in [0.2, 0.25) is 0 Å². The van der Waals surface area contributed by atoms with Gasteiger partial charge in [-0.15, -0.1) is 0 Å². The smallest absolute Gasteiger partial charge is 0.247 e. The molecular formula is C27H30N2O2. The number of nitrogens with one attached hydrogen (secondary N) is 1. The van der Waals surface area contributed by atoms with Crippen molar-refractivity contribution < 1.29 is 9.59 Å². The van der Waals surface area contributed by atoms with Gasteiger partial charge in [0.1, 0.15) is 6.04 Å². The van der Waals surface area contributed by atoms with Crippen LogP contribution in [0.3, 0.4) is 0 Å². The molecule has 0 saturated heterocycles. The molecule has 3 aromatic rings. The molecule has 0 aromatic heterocycles. The Balaban J connectivity index is 1.94. The molecule has 0 heterocycles. The van der Waals surface area contributed by atoms with Gasteiger partial charge in [-0.05, 0) is 23.1 Å². The predicted octanol–water partition coefficient (Wildman–Crippen LogP) is 4.92. The molecule has 3 aromatic carbocycles. The summed E-state index contributed by atoms with van der Waals surface area (Å²) in [6, 6.07) is 28.4. The maximum absolute atomic E-state index is 13.5. The molecule has 0 spiro atoms. The van der Waals surface area contributed by atoms with Crippen LogP contribution in [-0.2, 0) is 22.6 Å². The summed E-state index contributed by atoms with van der Waals surface area (Å²) in [6.07, 6.45) is 2.15. The molecule has 0 radical (unpaired) electrons. The van der Waals surface area contributed by atoms with Gasteiger partial charge in [0.05, 0.1) is 6.42 Å². The first-order valence-corrected chi connectivity index (χ1v) is 10.9. The molecule has 1 N–H and O–H groups in total. The highest BCUT2D eigenvalue weighted by Gasteiger charge is 2.31. The maximum atomic E-state index is 13.5. The Morgan fingerprint density at radius 1 is 0.806 bits per heavy atom. The quantitative estimate of drug-likeness (QED) is 0.479. The van der Waals surface area contributed by atoms with E-state index in [4.69, 9.17) is 0 Å². The Kier molecular flexibility index (Phi) is 8.41. The number of nitrogens with zero attached hydrogens (tertiary/aromatic N) is 1. The lowest BCUT2D eigenvalue weighted by atomic mass is 10.0. The van der Waals surface area contributed by atoms with Crippen LogP contribution in [0.1, 0.15) is 42.5 Å². The number of hydrogen-bond donors (Lipinski definition) is 1. The molecule has 1 atom stereocenters. The number of unbranched alkanes of at least 4 members (excludes halogenated alkanes) is 1. The second-order valence-corrected chi connectivity index (χ2v) is 7.63. The summed E-state index contributed by atoms with van der Waals surface area (Å²) in [5, 5.41) is 3.03. The maximum Gasteiger partial charge on any atom is 0.247 e. The van der Waals surface area contributed by atoms with Gasteiger partial charge in [0.15, 0.2) is 0 Å². The van der Waals surface area contributed by atoms with Crippen molar-refractivity contribution in [1.82, 2.24) is 10.2 Å². The molecule has 0 saturated carbocycles. The SMILES string of the molecule is CCCCNC(=O)[C@H](c1ccccc1)N(Cc1ccccc1)C(=O)Cc1ccccc1. The second-order valence-electron chi connectivity index (χ2n) is 7.63. The number of carbonyl (C=O) groups is 2. The summed E-state index contributed by atoms with van der Waals surface area (Å²) in [4.78, 5) is 28.5. The molecule has 31 heavy (non-hydrogen) atoms. The van der Waals surface area contributed by atoms with Crippen LogP contribution >= 0.6 is 0 Å². The normalized spacial score (nSPS) is 11.5. The van der Waals surface area contributed by atoms with E-state index in [0.29, 0.717) is 13.1 Å². The standard InChI is InChI=1S/C27H30N2O2/c1-2-3-19-28-27(31)26(24-17-11-6-12-18-24)29(21-23-15-9-5-10-16-23)25(30)20-22-13-7-4-8-14-22/h4-18,26H,2-3,19-21H2,1H3,(H,28,31)/t26-/m0/s1. The van der Waals surface area contributed by atoms with Crippen molar-refractivity contribution in [3.8, 4) is 0 Å². The number of rotatable bonds is 10. The van der Waals surface area contributed by atoms with E-state index in [1.165, 1.54) is 0 Å². The molecule has 0 aliphatic rings. The van der Waals surface area contributed by atoms with E-state index in [0.717, 1.165) is 29.5 Å². The second kappa shape index (κ2) is 11.7. The van der Waals surface area contributed by atoms with Gasteiger partial charge in [-0.2, -0.15) is 0 Å². The van der Waals surface area contributed by atoms with Crippen molar-refractivity contribution in [3.63, 3.8) is 0 Å². The van der Waals surface area contributed by atoms with Crippen molar-refractivity contribution in [1.29, 1.82) is 0 Å². The molecule has 4 heteroatoms. The summed E-state index contributed by atoms with van der Waals surface area (Å²) < 4.78 is 0. The third kappa shape index (κ3) is 6.54. The molecule has 0 unspecified atom stereocenters. The molecule has 0 aliphatic heterocycles. The minimum atomic E-state index is -0.686. The van der Waals surface area contributed by atoms with Crippen molar-refractivity contribution in [3.05, 3.63) is 108 Å². The summed E-state index contributed by atoms with van der Waals surface area (Å²) in [7, 11) is 0. The van der Waals surface area contributed by atoms with Gasteiger partial charge in [-0.1, -0.05) is 104 Å². The van der Waals surface area contributed by atoms with Crippen molar-refractivity contribution in [2.45, 2.75) is 38.8 Å². The molecule has 160 valence electrons. The predicted molar refractivity (Wildman–Crippen MR) is 124 cm³/mol. The summed E-state index contributed by atoms with van der Waals surface area (Å²) in [5.74, 6) is -0.216. The van der Waals surface area contributed by atoms with Crippen molar-refractivity contribution >= 4 is 11.8 Å². The number of amides is 2. The van der Waals surface area contributed by atoms with E-state index in [-0.39, 0.29) is 18.2 Å². The summed E-state index contributed by atoms with van der Waals surface area (Å²) in [5.41, 5.74) is 2.74. The molecule has 0 fully saturated rings. The van der Waals surface area contributed by atoms with Crippen LogP contribution in [0.25, 0.3) is 0 Å². The average Bonchev–Trinajstić information content (AvgIpc) is 2.81. The third-order valence-corrected chi connectivity index (χ3v) is 5.22. The first-order valence-electron chi connectivity index (χ1n) is 10.9. The highest BCUT2D eigenvalue weighted by atomic mass is 16.2. The number of carbonyl (C=O) groups excluding carboxylic acids is 2. The molecule has 0 bridgehead atoms. The Morgan fingerprint density at radius 3 is 1.94 bits per heavy atom. The van der Waals surface area contributed by atoms with Crippen LogP contribution in [0.15, 0.2) is 91.0 Å². The van der Waals surface area contributed by atoms with Gasteiger partial charge in [0.25, 0.3) is 0 Å². The Labute approximate surface area is 184 Å². The fraction of sp³-hybridized carbons (Fsp3) is 0.259. The van der Waals surface area contributed by atoms with Gasteiger partial charge in [-0.25, -0.2) is 0 Å². The van der Waals surface area contributed by atoms with Crippen LogP contribution in [0.5, 0.6) is 0 Å². The van der Waals surface area contributed by atoms with E-state index < -0.39 is 6.04 Å². The number of benzene rings is 3. The van der Waals surface area contributed by atoms with Gasteiger partial charge in [0, 0.05) is 13.1 Å². The van der Waals surface area contributed by atoms with Gasteiger partial charge in [0.2, 0.25) is 11.8 Å². The highest BCUT2D eigenvalue weighted by molar-refractivity contribution is 5.89. The van der Waals surface area contributed by atoms with Gasteiger partial charge in [-0.3, -0.25) is 9.59 Å². The van der Waals surface area contributed by atoms with E-state index in [1.54, 1.807) is 4.90 Å². The van der Waals surface area contributed by atoms with Crippen molar-refractivity contribution in [2.24, 2.45) is 0 Å². The van der Waals surface area contributed by atoms with Crippen molar-refractivity contribution in [2.75, 3.05) is 6.54 Å².